The summed E-state index contributed by atoms with van der Waals surface area (Å²) in [6.45, 7) is 2.52. The van der Waals surface area contributed by atoms with E-state index in [9.17, 15) is 4.79 Å². The van der Waals surface area contributed by atoms with Crippen LogP contribution in [0, 0.1) is 6.92 Å². The molecule has 0 aliphatic rings. The summed E-state index contributed by atoms with van der Waals surface area (Å²) >= 11 is 4.92. The van der Waals surface area contributed by atoms with Crippen molar-refractivity contribution in [1.82, 2.24) is 10.3 Å². The van der Waals surface area contributed by atoms with Gasteiger partial charge in [-0.3, -0.25) is 4.79 Å². The number of aryl methyl sites for hydroxylation is 1. The van der Waals surface area contributed by atoms with Crippen LogP contribution in [-0.4, -0.2) is 16.2 Å². The second-order valence-corrected chi connectivity index (χ2v) is 5.04. The molecule has 84 valence electrons. The first-order valence-electron chi connectivity index (χ1n) is 4.96. The fraction of sp³-hybridized carbons (Fsp3) is 0.600. The molecule has 0 spiro atoms. The third-order valence-electron chi connectivity index (χ3n) is 1.89. The number of unbranched alkanes of at least 4 members (excludes halogenated alkanes) is 1. The molecule has 15 heavy (non-hydrogen) atoms. The summed E-state index contributed by atoms with van der Waals surface area (Å²) < 4.78 is 0. The molecule has 0 bridgehead atoms. The molecule has 0 saturated heterocycles. The number of carbonyl (C=O) groups excluding carboxylic acids is 1. The maximum absolute atomic E-state index is 11.3. The topological polar surface area (TPSA) is 42.0 Å². The highest BCUT2D eigenvalue weighted by Gasteiger charge is 2.02. The molecule has 1 rings (SSSR count). The van der Waals surface area contributed by atoms with Crippen molar-refractivity contribution in [3.63, 3.8) is 0 Å². The van der Waals surface area contributed by atoms with Gasteiger partial charge in [0.2, 0.25) is 5.91 Å². The van der Waals surface area contributed by atoms with Gasteiger partial charge in [-0.25, -0.2) is 4.98 Å². The van der Waals surface area contributed by atoms with Crippen LogP contribution in [-0.2, 0) is 11.3 Å². The van der Waals surface area contributed by atoms with Crippen molar-refractivity contribution in [2.24, 2.45) is 0 Å². The second-order valence-electron chi connectivity index (χ2n) is 3.31. The molecule has 0 aliphatic carbocycles. The fourth-order valence-electron chi connectivity index (χ4n) is 1.13. The first-order chi connectivity index (χ1) is 7.22. The number of alkyl halides is 1. The third-order valence-corrected chi connectivity index (χ3v) is 3.42. The van der Waals surface area contributed by atoms with Crippen LogP contribution in [0.25, 0.3) is 0 Å². The maximum atomic E-state index is 11.3. The normalized spacial score (nSPS) is 10.3. The van der Waals surface area contributed by atoms with E-state index in [4.69, 9.17) is 0 Å². The number of amides is 1. The quantitative estimate of drug-likeness (QED) is 0.646. The van der Waals surface area contributed by atoms with Gasteiger partial charge in [-0.1, -0.05) is 15.9 Å². The molecular weight excluding hydrogens is 276 g/mol. The van der Waals surface area contributed by atoms with E-state index in [1.807, 2.05) is 12.3 Å². The Labute approximate surface area is 102 Å². The van der Waals surface area contributed by atoms with E-state index in [0.717, 1.165) is 28.9 Å². The Balaban J connectivity index is 2.16. The van der Waals surface area contributed by atoms with Gasteiger partial charge in [0, 0.05) is 22.8 Å². The van der Waals surface area contributed by atoms with Gasteiger partial charge >= 0.3 is 0 Å². The van der Waals surface area contributed by atoms with Crippen LogP contribution in [0.2, 0.25) is 0 Å². The highest BCUT2D eigenvalue weighted by atomic mass is 79.9. The van der Waals surface area contributed by atoms with Crippen molar-refractivity contribution in [3.8, 4) is 0 Å². The zero-order chi connectivity index (χ0) is 11.1. The van der Waals surface area contributed by atoms with Crippen LogP contribution in [0.1, 0.15) is 30.0 Å². The van der Waals surface area contributed by atoms with E-state index in [1.54, 1.807) is 11.3 Å². The zero-order valence-electron chi connectivity index (χ0n) is 8.75. The van der Waals surface area contributed by atoms with E-state index >= 15 is 0 Å². The number of hydrogen-bond acceptors (Lipinski definition) is 3. The molecule has 1 N–H and O–H groups in total. The Kier molecular flexibility index (Phi) is 5.86. The number of aromatic nitrogens is 1. The first-order valence-corrected chi connectivity index (χ1v) is 6.96. The van der Waals surface area contributed by atoms with Crippen LogP contribution in [0.3, 0.4) is 0 Å². The predicted octanol–water partition coefficient (Wildman–Crippen LogP) is 2.63. The Morgan fingerprint density at radius 3 is 3.00 bits per heavy atom. The number of halogens is 1. The monoisotopic (exact) mass is 290 g/mol. The Bertz CT molecular complexity index is 314. The molecule has 1 aromatic heterocycles. The Hall–Kier alpha value is -0.420. The molecule has 3 nitrogen and oxygen atoms in total. The molecular formula is C10H15BrN2OS. The van der Waals surface area contributed by atoms with E-state index in [1.165, 1.54) is 0 Å². The van der Waals surface area contributed by atoms with E-state index in [0.29, 0.717) is 13.0 Å². The number of nitrogens with zero attached hydrogens (tertiary/aromatic N) is 1. The van der Waals surface area contributed by atoms with E-state index < -0.39 is 0 Å². The molecule has 1 heterocycles. The van der Waals surface area contributed by atoms with Gasteiger partial charge in [-0.15, -0.1) is 11.3 Å². The lowest BCUT2D eigenvalue weighted by atomic mass is 10.2. The number of rotatable bonds is 6. The van der Waals surface area contributed by atoms with Gasteiger partial charge in [0.1, 0.15) is 5.01 Å². The molecule has 0 fully saturated rings. The number of hydrogen-bond donors (Lipinski definition) is 1. The molecule has 0 saturated carbocycles. The predicted molar refractivity (Wildman–Crippen MR) is 66.3 cm³/mol. The standard InChI is InChI=1S/C10H15BrN2OS/c1-8-7-15-10(13-8)6-12-9(14)4-2-3-5-11/h7H,2-6H2,1H3,(H,12,14). The molecule has 5 heteroatoms. The summed E-state index contributed by atoms with van der Waals surface area (Å²) in [7, 11) is 0. The maximum Gasteiger partial charge on any atom is 0.220 e. The Morgan fingerprint density at radius 1 is 1.60 bits per heavy atom. The number of nitrogens with one attached hydrogen (secondary N) is 1. The molecule has 0 unspecified atom stereocenters. The van der Waals surface area contributed by atoms with Crippen molar-refractivity contribution in [1.29, 1.82) is 0 Å². The average Bonchev–Trinajstić information content (AvgIpc) is 2.62. The largest absolute Gasteiger partial charge is 0.350 e. The molecule has 0 aliphatic heterocycles. The summed E-state index contributed by atoms with van der Waals surface area (Å²) in [5, 5.41) is 6.79. The van der Waals surface area contributed by atoms with E-state index in [2.05, 4.69) is 26.2 Å². The fourth-order valence-corrected chi connectivity index (χ4v) is 2.23. The van der Waals surface area contributed by atoms with Gasteiger partial charge < -0.3 is 5.32 Å². The van der Waals surface area contributed by atoms with Crippen LogP contribution < -0.4 is 5.32 Å². The smallest absolute Gasteiger partial charge is 0.220 e. The molecule has 0 aromatic carbocycles. The number of thiazole rings is 1. The number of carbonyl (C=O) groups is 1. The Morgan fingerprint density at radius 2 is 2.40 bits per heavy atom. The lowest BCUT2D eigenvalue weighted by Crippen LogP contribution is -2.22. The zero-order valence-corrected chi connectivity index (χ0v) is 11.2. The molecule has 0 atom stereocenters. The summed E-state index contributed by atoms with van der Waals surface area (Å²) in [5.41, 5.74) is 1.02. The van der Waals surface area contributed by atoms with Crippen LogP contribution in [0.5, 0.6) is 0 Å². The van der Waals surface area contributed by atoms with Gasteiger partial charge in [0.05, 0.1) is 6.54 Å². The lowest BCUT2D eigenvalue weighted by Gasteiger charge is -2.01. The average molecular weight is 291 g/mol. The van der Waals surface area contributed by atoms with Gasteiger partial charge in [-0.05, 0) is 19.8 Å². The third kappa shape index (κ3) is 5.28. The van der Waals surface area contributed by atoms with Crippen molar-refractivity contribution in [2.75, 3.05) is 5.33 Å². The van der Waals surface area contributed by atoms with E-state index in [-0.39, 0.29) is 5.91 Å². The highest BCUT2D eigenvalue weighted by molar-refractivity contribution is 9.09. The lowest BCUT2D eigenvalue weighted by molar-refractivity contribution is -0.121. The summed E-state index contributed by atoms with van der Waals surface area (Å²) in [4.78, 5) is 15.6. The van der Waals surface area contributed by atoms with Crippen LogP contribution in [0.4, 0.5) is 0 Å². The minimum atomic E-state index is 0.115. The first kappa shape index (κ1) is 12.6. The molecule has 1 amide bonds. The SMILES string of the molecule is Cc1csc(CNC(=O)CCCCBr)n1. The summed E-state index contributed by atoms with van der Waals surface area (Å²) in [6.07, 6.45) is 2.59. The second kappa shape index (κ2) is 6.95. The van der Waals surface area contributed by atoms with Crippen molar-refractivity contribution < 1.29 is 4.79 Å². The van der Waals surface area contributed by atoms with Crippen molar-refractivity contribution in [2.45, 2.75) is 32.7 Å². The van der Waals surface area contributed by atoms with Crippen LogP contribution >= 0.6 is 27.3 Å². The molecule has 1 aromatic rings. The van der Waals surface area contributed by atoms with Gasteiger partial charge in [-0.2, -0.15) is 0 Å². The van der Waals surface area contributed by atoms with Crippen molar-refractivity contribution >= 4 is 33.2 Å². The minimum absolute atomic E-state index is 0.115. The van der Waals surface area contributed by atoms with Gasteiger partial charge in [0.25, 0.3) is 0 Å². The van der Waals surface area contributed by atoms with Gasteiger partial charge in [0.15, 0.2) is 0 Å². The van der Waals surface area contributed by atoms with Crippen molar-refractivity contribution in [3.05, 3.63) is 16.1 Å². The summed E-state index contributed by atoms with van der Waals surface area (Å²) in [6, 6.07) is 0. The molecule has 0 radical (unpaired) electrons. The summed E-state index contributed by atoms with van der Waals surface area (Å²) in [5.74, 6) is 0.115. The van der Waals surface area contributed by atoms with Crippen LogP contribution in [0.15, 0.2) is 5.38 Å². The highest BCUT2D eigenvalue weighted by Crippen LogP contribution is 2.08. The minimum Gasteiger partial charge on any atom is -0.350 e.